The highest BCUT2D eigenvalue weighted by Gasteiger charge is 2.34. The quantitative estimate of drug-likeness (QED) is 0.839. The third-order valence-corrected chi connectivity index (χ3v) is 4.02. The molecule has 0 spiro atoms. The zero-order chi connectivity index (χ0) is 13.2. The van der Waals surface area contributed by atoms with Crippen molar-refractivity contribution in [2.45, 2.75) is 19.4 Å². The van der Waals surface area contributed by atoms with E-state index in [-0.39, 0.29) is 5.97 Å². The van der Waals surface area contributed by atoms with Crippen LogP contribution in [0.3, 0.4) is 0 Å². The summed E-state index contributed by atoms with van der Waals surface area (Å²) in [5.74, 6) is 0.527. The average molecular weight is 260 g/mol. The minimum absolute atomic E-state index is 0.240. The second-order valence-electron chi connectivity index (χ2n) is 5.33. The van der Waals surface area contributed by atoms with Crippen molar-refractivity contribution in [1.82, 2.24) is 5.32 Å². The number of rotatable bonds is 3. The Morgan fingerprint density at radius 1 is 1.37 bits per heavy atom. The van der Waals surface area contributed by atoms with Gasteiger partial charge in [-0.1, -0.05) is 0 Å². The number of fused-ring (bicyclic) bond motifs is 2. The van der Waals surface area contributed by atoms with Crippen molar-refractivity contribution in [2.75, 3.05) is 31.1 Å². The number of esters is 1. The first kappa shape index (κ1) is 12.5. The van der Waals surface area contributed by atoms with Crippen molar-refractivity contribution in [3.8, 4) is 0 Å². The number of benzene rings is 1. The van der Waals surface area contributed by atoms with E-state index in [1.165, 1.54) is 12.1 Å². The predicted octanol–water partition coefficient (Wildman–Crippen LogP) is 1.66. The minimum atomic E-state index is -0.240. The fourth-order valence-corrected chi connectivity index (χ4v) is 3.13. The molecule has 2 aliphatic rings. The van der Waals surface area contributed by atoms with Gasteiger partial charge in [0, 0.05) is 24.8 Å². The highest BCUT2D eigenvalue weighted by molar-refractivity contribution is 5.89. The molecule has 2 heterocycles. The summed E-state index contributed by atoms with van der Waals surface area (Å²) in [5, 5.41) is 3.48. The molecule has 4 nitrogen and oxygen atoms in total. The first-order chi connectivity index (χ1) is 9.28. The van der Waals surface area contributed by atoms with E-state index in [0.29, 0.717) is 18.2 Å². The Balaban J connectivity index is 1.74. The van der Waals surface area contributed by atoms with E-state index in [2.05, 4.69) is 10.2 Å². The molecule has 2 fully saturated rings. The highest BCUT2D eigenvalue weighted by atomic mass is 16.5. The Morgan fingerprint density at radius 3 is 2.84 bits per heavy atom. The largest absolute Gasteiger partial charge is 0.462 e. The number of anilines is 1. The number of nitrogens with zero attached hydrogens (tertiary/aromatic N) is 1. The summed E-state index contributed by atoms with van der Waals surface area (Å²) in [5.41, 5.74) is 1.84. The third-order valence-electron chi connectivity index (χ3n) is 4.02. The fraction of sp³-hybridized carbons (Fsp3) is 0.533. The van der Waals surface area contributed by atoms with E-state index in [4.69, 9.17) is 4.74 Å². The van der Waals surface area contributed by atoms with Gasteiger partial charge in [-0.15, -0.1) is 0 Å². The fourth-order valence-electron chi connectivity index (χ4n) is 3.13. The minimum Gasteiger partial charge on any atom is -0.462 e. The number of hydrogen-bond donors (Lipinski definition) is 1. The van der Waals surface area contributed by atoms with E-state index in [1.54, 1.807) is 0 Å². The van der Waals surface area contributed by atoms with Crippen LogP contribution in [0, 0.1) is 5.92 Å². The lowest BCUT2D eigenvalue weighted by Gasteiger charge is -2.26. The summed E-state index contributed by atoms with van der Waals surface area (Å²) in [6.07, 6.45) is 1.28. The van der Waals surface area contributed by atoms with Gasteiger partial charge < -0.3 is 15.0 Å². The summed E-state index contributed by atoms with van der Waals surface area (Å²) in [7, 11) is 0. The van der Waals surface area contributed by atoms with Crippen LogP contribution in [0.25, 0.3) is 0 Å². The smallest absolute Gasteiger partial charge is 0.338 e. The molecule has 2 saturated heterocycles. The number of carbonyl (C=O) groups is 1. The van der Waals surface area contributed by atoms with Gasteiger partial charge in [-0.3, -0.25) is 0 Å². The van der Waals surface area contributed by atoms with E-state index >= 15 is 0 Å². The highest BCUT2D eigenvalue weighted by Crippen LogP contribution is 2.31. The molecule has 0 aromatic heterocycles. The SMILES string of the molecule is CCOC(=O)c1ccc(N2CC3CNCC2C3)cc1. The summed E-state index contributed by atoms with van der Waals surface area (Å²) in [6, 6.07) is 8.40. The van der Waals surface area contributed by atoms with Gasteiger partial charge in [0.25, 0.3) is 0 Å². The second-order valence-corrected chi connectivity index (χ2v) is 5.33. The van der Waals surface area contributed by atoms with Crippen LogP contribution in [-0.4, -0.2) is 38.3 Å². The van der Waals surface area contributed by atoms with Gasteiger partial charge in [-0.25, -0.2) is 4.79 Å². The summed E-state index contributed by atoms with van der Waals surface area (Å²) in [4.78, 5) is 14.1. The zero-order valence-electron chi connectivity index (χ0n) is 11.3. The van der Waals surface area contributed by atoms with Crippen molar-refractivity contribution < 1.29 is 9.53 Å². The number of piperidine rings is 1. The van der Waals surface area contributed by atoms with Crippen LogP contribution < -0.4 is 10.2 Å². The van der Waals surface area contributed by atoms with Gasteiger partial charge in [0.15, 0.2) is 0 Å². The maximum absolute atomic E-state index is 11.6. The molecule has 1 aromatic rings. The Hall–Kier alpha value is -1.55. The van der Waals surface area contributed by atoms with Gasteiger partial charge in [-0.05, 0) is 50.1 Å². The molecule has 2 unspecified atom stereocenters. The second kappa shape index (κ2) is 5.21. The molecule has 1 aromatic carbocycles. The van der Waals surface area contributed by atoms with Crippen LogP contribution in [0.2, 0.25) is 0 Å². The van der Waals surface area contributed by atoms with Crippen molar-refractivity contribution in [3.05, 3.63) is 29.8 Å². The van der Waals surface area contributed by atoms with E-state index in [0.717, 1.165) is 25.6 Å². The zero-order valence-corrected chi connectivity index (χ0v) is 11.3. The molecular formula is C15H20N2O2. The van der Waals surface area contributed by atoms with Gasteiger partial charge in [0.2, 0.25) is 0 Å². The van der Waals surface area contributed by atoms with Gasteiger partial charge in [0.05, 0.1) is 12.2 Å². The summed E-state index contributed by atoms with van der Waals surface area (Å²) in [6.45, 7) is 5.56. The van der Waals surface area contributed by atoms with Gasteiger partial charge in [-0.2, -0.15) is 0 Å². The number of nitrogens with one attached hydrogen (secondary N) is 1. The maximum Gasteiger partial charge on any atom is 0.338 e. The molecule has 0 aliphatic carbocycles. The van der Waals surface area contributed by atoms with Crippen molar-refractivity contribution in [2.24, 2.45) is 5.92 Å². The van der Waals surface area contributed by atoms with E-state index in [9.17, 15) is 4.79 Å². The molecule has 0 radical (unpaired) electrons. The molecule has 4 heteroatoms. The van der Waals surface area contributed by atoms with Crippen molar-refractivity contribution in [3.63, 3.8) is 0 Å². The molecule has 102 valence electrons. The predicted molar refractivity (Wildman–Crippen MR) is 74.5 cm³/mol. The number of carbonyl (C=O) groups excluding carboxylic acids is 1. The van der Waals surface area contributed by atoms with Gasteiger partial charge >= 0.3 is 5.97 Å². The Bertz CT molecular complexity index is 458. The van der Waals surface area contributed by atoms with Crippen LogP contribution in [0.1, 0.15) is 23.7 Å². The topological polar surface area (TPSA) is 41.6 Å². The summed E-state index contributed by atoms with van der Waals surface area (Å²) >= 11 is 0. The molecule has 0 amide bonds. The third kappa shape index (κ3) is 2.45. The first-order valence-corrected chi connectivity index (χ1v) is 7.02. The van der Waals surface area contributed by atoms with Crippen LogP contribution in [-0.2, 0) is 4.74 Å². The lowest BCUT2D eigenvalue weighted by Crippen LogP contribution is -2.39. The molecule has 19 heavy (non-hydrogen) atoms. The summed E-state index contributed by atoms with van der Waals surface area (Å²) < 4.78 is 5.00. The molecule has 3 rings (SSSR count). The molecule has 1 N–H and O–H groups in total. The van der Waals surface area contributed by atoms with Crippen molar-refractivity contribution >= 4 is 11.7 Å². The van der Waals surface area contributed by atoms with Crippen LogP contribution in [0.15, 0.2) is 24.3 Å². The molecular weight excluding hydrogens is 240 g/mol. The normalized spacial score (nSPS) is 25.4. The maximum atomic E-state index is 11.6. The van der Waals surface area contributed by atoms with E-state index < -0.39 is 0 Å². The van der Waals surface area contributed by atoms with Gasteiger partial charge in [0.1, 0.15) is 0 Å². The molecule has 2 aliphatic heterocycles. The molecule has 2 atom stereocenters. The Kier molecular flexibility index (Phi) is 3.42. The number of ether oxygens (including phenoxy) is 1. The molecule has 0 saturated carbocycles. The van der Waals surface area contributed by atoms with Crippen LogP contribution >= 0.6 is 0 Å². The van der Waals surface area contributed by atoms with Crippen LogP contribution in [0.4, 0.5) is 5.69 Å². The molecule has 2 bridgehead atoms. The van der Waals surface area contributed by atoms with E-state index in [1.807, 2.05) is 31.2 Å². The first-order valence-electron chi connectivity index (χ1n) is 7.02. The monoisotopic (exact) mass is 260 g/mol. The number of hydrogen-bond acceptors (Lipinski definition) is 4. The Morgan fingerprint density at radius 2 is 2.16 bits per heavy atom. The average Bonchev–Trinajstić information content (AvgIpc) is 2.74. The Labute approximate surface area is 113 Å². The lowest BCUT2D eigenvalue weighted by molar-refractivity contribution is 0.0526. The van der Waals surface area contributed by atoms with Crippen molar-refractivity contribution in [1.29, 1.82) is 0 Å². The lowest BCUT2D eigenvalue weighted by atomic mass is 10.0. The standard InChI is InChI=1S/C15H20N2O2/c1-2-19-15(18)12-3-5-13(6-4-12)17-10-11-7-14(17)9-16-8-11/h3-6,11,14,16H,2,7-10H2,1H3. The van der Waals surface area contributed by atoms with Crippen LogP contribution in [0.5, 0.6) is 0 Å².